The number of hydrogen-bond acceptors (Lipinski definition) is 6. The van der Waals surface area contributed by atoms with E-state index in [0.717, 1.165) is 0 Å². The maximum Gasteiger partial charge on any atom is 0.409 e. The van der Waals surface area contributed by atoms with Gasteiger partial charge in [-0.3, -0.25) is 0 Å². The van der Waals surface area contributed by atoms with Crippen LogP contribution in [0.1, 0.15) is 40.5 Å². The van der Waals surface area contributed by atoms with Crippen molar-refractivity contribution in [2.24, 2.45) is 0 Å². The molecule has 2 rings (SSSR count). The first-order chi connectivity index (χ1) is 14.5. The van der Waals surface area contributed by atoms with Gasteiger partial charge in [0.2, 0.25) is 5.75 Å². The standard InChI is InChI=1S/C21H33N3O6/c1-5-27-17-13-16(14-18(28-6-2)19(17)29-7-3)23-20(25)22-15-9-11-24(12-10-15)21(26)30-8-4/h13-15H,5-12H2,1-4H3,(H2,22,23,25). The first-order valence-corrected chi connectivity index (χ1v) is 10.6. The maximum absolute atomic E-state index is 12.5. The van der Waals surface area contributed by atoms with Gasteiger partial charge in [0.25, 0.3) is 0 Å². The SMILES string of the molecule is CCOC(=O)N1CCC(NC(=O)Nc2cc(OCC)c(OCC)c(OCC)c2)CC1. The molecule has 0 bridgehead atoms. The quantitative estimate of drug-likeness (QED) is 0.629. The number of amides is 3. The number of anilines is 1. The Labute approximate surface area is 178 Å². The van der Waals surface area contributed by atoms with Crippen molar-refractivity contribution in [3.8, 4) is 17.2 Å². The van der Waals surface area contributed by atoms with E-state index in [1.807, 2.05) is 20.8 Å². The smallest absolute Gasteiger partial charge is 0.409 e. The van der Waals surface area contributed by atoms with Crippen LogP contribution in [0.25, 0.3) is 0 Å². The molecule has 0 spiro atoms. The number of likely N-dealkylation sites (tertiary alicyclic amines) is 1. The fourth-order valence-electron chi connectivity index (χ4n) is 3.23. The fraction of sp³-hybridized carbons (Fsp3) is 0.619. The number of urea groups is 1. The van der Waals surface area contributed by atoms with Gasteiger partial charge >= 0.3 is 12.1 Å². The number of benzene rings is 1. The topological polar surface area (TPSA) is 98.4 Å². The molecule has 1 aliphatic heterocycles. The molecular formula is C21H33N3O6. The van der Waals surface area contributed by atoms with Crippen LogP contribution >= 0.6 is 0 Å². The van der Waals surface area contributed by atoms with E-state index in [1.54, 1.807) is 24.0 Å². The molecule has 0 saturated carbocycles. The highest BCUT2D eigenvalue weighted by Gasteiger charge is 2.25. The van der Waals surface area contributed by atoms with Gasteiger partial charge in [-0.15, -0.1) is 0 Å². The van der Waals surface area contributed by atoms with Gasteiger partial charge in [-0.05, 0) is 40.5 Å². The Kier molecular flexibility index (Phi) is 9.37. The van der Waals surface area contributed by atoms with Crippen molar-refractivity contribution >= 4 is 17.8 Å². The monoisotopic (exact) mass is 423 g/mol. The van der Waals surface area contributed by atoms with Crippen LogP contribution in [0.5, 0.6) is 17.2 Å². The molecule has 0 aromatic heterocycles. The zero-order valence-corrected chi connectivity index (χ0v) is 18.3. The van der Waals surface area contributed by atoms with Gasteiger partial charge in [0.05, 0.1) is 32.1 Å². The van der Waals surface area contributed by atoms with E-state index in [2.05, 4.69) is 10.6 Å². The Hall–Kier alpha value is -2.84. The van der Waals surface area contributed by atoms with Gasteiger partial charge in [-0.2, -0.15) is 0 Å². The predicted octanol–water partition coefficient (Wildman–Crippen LogP) is 3.63. The lowest BCUT2D eigenvalue weighted by Gasteiger charge is -2.31. The highest BCUT2D eigenvalue weighted by Crippen LogP contribution is 2.40. The number of nitrogens with one attached hydrogen (secondary N) is 2. The Morgan fingerprint density at radius 3 is 2.00 bits per heavy atom. The molecule has 30 heavy (non-hydrogen) atoms. The van der Waals surface area contributed by atoms with Crippen LogP contribution in [0.15, 0.2) is 12.1 Å². The first kappa shape index (κ1) is 23.4. The fourth-order valence-corrected chi connectivity index (χ4v) is 3.23. The van der Waals surface area contributed by atoms with Crippen molar-refractivity contribution in [2.45, 2.75) is 46.6 Å². The summed E-state index contributed by atoms with van der Waals surface area (Å²) in [7, 11) is 0. The maximum atomic E-state index is 12.5. The molecule has 1 fully saturated rings. The van der Waals surface area contributed by atoms with Gasteiger partial charge < -0.3 is 34.5 Å². The lowest BCUT2D eigenvalue weighted by molar-refractivity contribution is 0.0959. The molecule has 1 heterocycles. The zero-order valence-electron chi connectivity index (χ0n) is 18.3. The molecule has 9 heteroatoms. The Bertz CT molecular complexity index is 677. The molecule has 0 radical (unpaired) electrons. The predicted molar refractivity (Wildman–Crippen MR) is 114 cm³/mol. The minimum absolute atomic E-state index is 0.0175. The summed E-state index contributed by atoms with van der Waals surface area (Å²) in [6.45, 7) is 10.3. The van der Waals surface area contributed by atoms with Crippen LogP contribution < -0.4 is 24.8 Å². The van der Waals surface area contributed by atoms with Crippen LogP contribution in [0.4, 0.5) is 15.3 Å². The molecule has 1 saturated heterocycles. The Morgan fingerprint density at radius 1 is 0.933 bits per heavy atom. The third-order valence-electron chi connectivity index (χ3n) is 4.52. The summed E-state index contributed by atoms with van der Waals surface area (Å²) in [6.07, 6.45) is 1.04. The molecule has 1 aromatic carbocycles. The number of piperidine rings is 1. The minimum atomic E-state index is -0.321. The van der Waals surface area contributed by atoms with Crippen molar-refractivity contribution < 1.29 is 28.5 Å². The molecular weight excluding hydrogens is 390 g/mol. The van der Waals surface area contributed by atoms with Crippen LogP contribution in [0.2, 0.25) is 0 Å². The molecule has 168 valence electrons. The summed E-state index contributed by atoms with van der Waals surface area (Å²) < 4.78 is 22.1. The molecule has 0 aliphatic carbocycles. The number of ether oxygens (including phenoxy) is 4. The lowest BCUT2D eigenvalue weighted by atomic mass is 10.1. The normalized spacial score (nSPS) is 14.1. The zero-order chi connectivity index (χ0) is 21.9. The van der Waals surface area contributed by atoms with Crippen LogP contribution in [-0.2, 0) is 4.74 Å². The van der Waals surface area contributed by atoms with Crippen LogP contribution in [0, 0.1) is 0 Å². The van der Waals surface area contributed by atoms with E-state index < -0.39 is 0 Å². The van der Waals surface area contributed by atoms with Gasteiger partial charge in [-0.25, -0.2) is 9.59 Å². The van der Waals surface area contributed by atoms with Gasteiger partial charge in [-0.1, -0.05) is 0 Å². The Balaban J connectivity index is 2.00. The highest BCUT2D eigenvalue weighted by atomic mass is 16.6. The van der Waals surface area contributed by atoms with E-state index in [-0.39, 0.29) is 18.2 Å². The van der Waals surface area contributed by atoms with Gasteiger partial charge in [0.1, 0.15) is 0 Å². The van der Waals surface area contributed by atoms with E-state index in [9.17, 15) is 9.59 Å². The van der Waals surface area contributed by atoms with Crippen molar-refractivity contribution in [3.05, 3.63) is 12.1 Å². The van der Waals surface area contributed by atoms with E-state index in [0.29, 0.717) is 75.3 Å². The summed E-state index contributed by atoms with van der Waals surface area (Å²) in [4.78, 5) is 26.0. The largest absolute Gasteiger partial charge is 0.490 e. The number of rotatable bonds is 9. The molecule has 1 aliphatic rings. The van der Waals surface area contributed by atoms with Crippen molar-refractivity contribution in [3.63, 3.8) is 0 Å². The second kappa shape index (κ2) is 12.0. The van der Waals surface area contributed by atoms with Crippen molar-refractivity contribution in [1.29, 1.82) is 0 Å². The van der Waals surface area contributed by atoms with Crippen LogP contribution in [0.3, 0.4) is 0 Å². The number of hydrogen-bond donors (Lipinski definition) is 2. The van der Waals surface area contributed by atoms with E-state index >= 15 is 0 Å². The number of carbonyl (C=O) groups excluding carboxylic acids is 2. The summed E-state index contributed by atoms with van der Waals surface area (Å²) in [6, 6.07) is 3.11. The molecule has 9 nitrogen and oxygen atoms in total. The lowest BCUT2D eigenvalue weighted by Crippen LogP contribution is -2.47. The summed E-state index contributed by atoms with van der Waals surface area (Å²) in [5.74, 6) is 1.56. The number of carbonyl (C=O) groups is 2. The summed E-state index contributed by atoms with van der Waals surface area (Å²) in [5, 5.41) is 5.80. The molecule has 1 aromatic rings. The third kappa shape index (κ3) is 6.60. The third-order valence-corrected chi connectivity index (χ3v) is 4.52. The van der Waals surface area contributed by atoms with Crippen molar-refractivity contribution in [1.82, 2.24) is 10.2 Å². The van der Waals surface area contributed by atoms with E-state index in [4.69, 9.17) is 18.9 Å². The summed E-state index contributed by atoms with van der Waals surface area (Å²) >= 11 is 0. The molecule has 0 unspecified atom stereocenters. The van der Waals surface area contributed by atoms with Gasteiger partial charge in [0, 0.05) is 31.3 Å². The van der Waals surface area contributed by atoms with E-state index in [1.165, 1.54) is 0 Å². The van der Waals surface area contributed by atoms with Gasteiger partial charge in [0.15, 0.2) is 11.5 Å². The average molecular weight is 424 g/mol. The molecule has 2 N–H and O–H groups in total. The minimum Gasteiger partial charge on any atom is -0.490 e. The van der Waals surface area contributed by atoms with Crippen LogP contribution in [-0.4, -0.2) is 62.6 Å². The summed E-state index contributed by atoms with van der Waals surface area (Å²) in [5.41, 5.74) is 0.548. The first-order valence-electron chi connectivity index (χ1n) is 10.6. The Morgan fingerprint density at radius 2 is 1.50 bits per heavy atom. The average Bonchev–Trinajstić information content (AvgIpc) is 2.71. The molecule has 3 amide bonds. The second-order valence-electron chi connectivity index (χ2n) is 6.66. The molecule has 0 atom stereocenters. The number of nitrogens with zero attached hydrogens (tertiary/aromatic N) is 1. The highest BCUT2D eigenvalue weighted by molar-refractivity contribution is 5.90. The second-order valence-corrected chi connectivity index (χ2v) is 6.66. The van der Waals surface area contributed by atoms with Crippen molar-refractivity contribution in [2.75, 3.05) is 44.8 Å².